The first-order valence-corrected chi connectivity index (χ1v) is 8.00. The van der Waals surface area contributed by atoms with Gasteiger partial charge in [-0.1, -0.05) is 13.8 Å². The van der Waals surface area contributed by atoms with E-state index in [1.807, 2.05) is 13.8 Å². The van der Waals surface area contributed by atoms with Gasteiger partial charge in [0.1, 0.15) is 5.76 Å². The fourth-order valence-electron chi connectivity index (χ4n) is 2.77. The summed E-state index contributed by atoms with van der Waals surface area (Å²) in [7, 11) is 0. The number of carbonyl (C=O) groups is 3. The van der Waals surface area contributed by atoms with Crippen molar-refractivity contribution in [1.29, 1.82) is 0 Å². The Morgan fingerprint density at radius 3 is 2.29 bits per heavy atom. The monoisotopic (exact) mass is 335 g/mol. The molecule has 7 heteroatoms. The van der Waals surface area contributed by atoms with E-state index >= 15 is 0 Å². The van der Waals surface area contributed by atoms with Crippen LogP contribution in [0, 0.1) is 11.8 Å². The van der Waals surface area contributed by atoms with Crippen LogP contribution >= 0.6 is 0 Å². The minimum Gasteiger partial charge on any atom is -0.511 e. The van der Waals surface area contributed by atoms with E-state index in [0.29, 0.717) is 12.1 Å². The van der Waals surface area contributed by atoms with Crippen LogP contribution < -0.4 is 16.4 Å². The minimum absolute atomic E-state index is 0.0272. The molecule has 0 aromatic heterocycles. The number of hydrogen-bond donors (Lipinski definition) is 4. The molecular weight excluding hydrogens is 310 g/mol. The second-order valence-electron chi connectivity index (χ2n) is 5.39. The van der Waals surface area contributed by atoms with Crippen LogP contribution in [0.3, 0.4) is 0 Å². The largest absolute Gasteiger partial charge is 0.511 e. The van der Waals surface area contributed by atoms with Gasteiger partial charge in [0.05, 0.1) is 23.0 Å². The molecule has 0 aromatic rings. The minimum atomic E-state index is -0.947. The summed E-state index contributed by atoms with van der Waals surface area (Å²) < 4.78 is 0. The van der Waals surface area contributed by atoms with Gasteiger partial charge in [-0.15, -0.1) is 0 Å². The Labute approximate surface area is 141 Å². The lowest BCUT2D eigenvalue weighted by atomic mass is 9.69. The van der Waals surface area contributed by atoms with Gasteiger partial charge in [-0.05, 0) is 26.3 Å². The molecule has 0 saturated heterocycles. The number of rotatable bonds is 4. The van der Waals surface area contributed by atoms with Crippen molar-refractivity contribution in [2.24, 2.45) is 17.6 Å². The number of hydrogen-bond acceptors (Lipinski definition) is 5. The van der Waals surface area contributed by atoms with Crippen molar-refractivity contribution >= 4 is 17.6 Å². The molecule has 0 spiro atoms. The number of ketones is 1. The van der Waals surface area contributed by atoms with Crippen molar-refractivity contribution in [3.05, 3.63) is 34.4 Å². The lowest BCUT2D eigenvalue weighted by Gasteiger charge is -2.32. The number of likely N-dealkylation sites (N-methyl/N-ethyl adjacent to an activating group) is 1. The smallest absolute Gasteiger partial charge is 0.253 e. The molecule has 2 rings (SSSR count). The molecule has 0 bridgehead atoms. The highest BCUT2D eigenvalue weighted by Gasteiger charge is 2.51. The molecule has 0 aromatic carbocycles. The molecule has 132 valence electrons. The van der Waals surface area contributed by atoms with Crippen LogP contribution in [0.4, 0.5) is 0 Å². The van der Waals surface area contributed by atoms with Gasteiger partial charge in [0.2, 0.25) is 5.91 Å². The third-order valence-electron chi connectivity index (χ3n) is 3.84. The van der Waals surface area contributed by atoms with Crippen LogP contribution in [-0.4, -0.2) is 29.2 Å². The average molecular weight is 335 g/mol. The van der Waals surface area contributed by atoms with Gasteiger partial charge in [-0.25, -0.2) is 0 Å². The first-order chi connectivity index (χ1) is 11.3. The van der Waals surface area contributed by atoms with Gasteiger partial charge >= 0.3 is 0 Å². The summed E-state index contributed by atoms with van der Waals surface area (Å²) in [6.07, 6.45) is 1.51. The van der Waals surface area contributed by atoms with E-state index in [4.69, 9.17) is 5.73 Å². The summed E-state index contributed by atoms with van der Waals surface area (Å²) in [6, 6.07) is 0. The number of nitrogens with two attached hydrogens (primary N) is 1. The molecule has 2 unspecified atom stereocenters. The maximum absolute atomic E-state index is 12.4. The zero-order chi connectivity index (χ0) is 18.6. The van der Waals surface area contributed by atoms with E-state index in [9.17, 15) is 19.5 Å². The van der Waals surface area contributed by atoms with Crippen molar-refractivity contribution in [2.75, 3.05) is 6.54 Å². The highest BCUT2D eigenvalue weighted by molar-refractivity contribution is 6.19. The first-order valence-electron chi connectivity index (χ1n) is 8.00. The molecule has 0 saturated carbocycles. The zero-order valence-corrected chi connectivity index (χ0v) is 14.7. The van der Waals surface area contributed by atoms with Gasteiger partial charge in [-0.3, -0.25) is 14.4 Å². The number of aliphatic hydroxyl groups excluding tert-OH is 1. The predicted molar refractivity (Wildman–Crippen MR) is 90.5 cm³/mol. The van der Waals surface area contributed by atoms with Gasteiger partial charge in [0, 0.05) is 18.4 Å². The average Bonchev–Trinajstić information content (AvgIpc) is 2.86. The molecule has 2 atom stereocenters. The summed E-state index contributed by atoms with van der Waals surface area (Å²) in [5.41, 5.74) is 6.38. The summed E-state index contributed by atoms with van der Waals surface area (Å²) in [4.78, 5) is 36.2. The Morgan fingerprint density at radius 2 is 1.92 bits per heavy atom. The Hall–Kier alpha value is -2.57. The number of Topliss-reactive ketones (excluding diaryl/α,β-unsaturated/α-hetero) is 1. The zero-order valence-electron chi connectivity index (χ0n) is 14.7. The normalized spacial score (nSPS) is 23.5. The molecule has 1 heterocycles. The van der Waals surface area contributed by atoms with Crippen LogP contribution in [-0.2, 0) is 14.4 Å². The van der Waals surface area contributed by atoms with Crippen molar-refractivity contribution in [2.45, 2.75) is 34.6 Å². The van der Waals surface area contributed by atoms with Crippen molar-refractivity contribution < 1.29 is 19.5 Å². The van der Waals surface area contributed by atoms with Gasteiger partial charge in [-0.2, -0.15) is 0 Å². The van der Waals surface area contributed by atoms with Crippen LogP contribution in [0.15, 0.2) is 34.4 Å². The number of nitrogens with one attached hydrogen (secondary N) is 2. The van der Waals surface area contributed by atoms with Crippen molar-refractivity contribution in [1.82, 2.24) is 10.6 Å². The van der Waals surface area contributed by atoms with Crippen molar-refractivity contribution in [3.63, 3.8) is 0 Å². The molecule has 7 nitrogen and oxygen atoms in total. The Morgan fingerprint density at radius 1 is 1.33 bits per heavy atom. The summed E-state index contributed by atoms with van der Waals surface area (Å²) in [5.74, 6) is -3.24. The maximum atomic E-state index is 12.4. The standard InChI is InChI=1S/C15H19N3O4.C2H6/c1-4-17-15(22)9(7(3)16)11-12(19)10(13(11)20)8-6(2)5-18-14(8)21;1-2/h5,8,10,19H,4,16H2,1-3H3,(H,17,22)(H,18,21);1-2H3/b9-7-;. The SMILES string of the molecule is CC.CCNC(=O)/C(C1=C(O)C(C2C(=O)NC=C2C)C1=O)=C(/C)N. The molecule has 1 aliphatic carbocycles. The Bertz CT molecular complexity index is 655. The van der Waals surface area contributed by atoms with E-state index < -0.39 is 23.5 Å². The third-order valence-corrected chi connectivity index (χ3v) is 3.84. The first kappa shape index (κ1) is 19.5. The molecule has 24 heavy (non-hydrogen) atoms. The van der Waals surface area contributed by atoms with Crippen LogP contribution in [0.5, 0.6) is 0 Å². The Kier molecular flexibility index (Phi) is 6.34. The molecule has 2 aliphatic rings. The van der Waals surface area contributed by atoms with Gasteiger partial charge in [0.15, 0.2) is 5.78 Å². The van der Waals surface area contributed by atoms with Crippen LogP contribution in [0.1, 0.15) is 34.6 Å². The third kappa shape index (κ3) is 3.20. The molecule has 0 radical (unpaired) electrons. The molecule has 1 aliphatic heterocycles. The summed E-state index contributed by atoms with van der Waals surface area (Å²) in [5, 5.41) is 15.3. The van der Waals surface area contributed by atoms with Crippen LogP contribution in [0.25, 0.3) is 0 Å². The van der Waals surface area contributed by atoms with Gasteiger partial charge in [0.25, 0.3) is 5.91 Å². The molecule has 5 N–H and O–H groups in total. The second-order valence-corrected chi connectivity index (χ2v) is 5.39. The number of allylic oxidation sites excluding steroid dienone is 2. The number of carbonyl (C=O) groups excluding carboxylic acids is 3. The number of aliphatic hydroxyl groups is 1. The van der Waals surface area contributed by atoms with Gasteiger partial charge < -0.3 is 21.5 Å². The lowest BCUT2D eigenvalue weighted by molar-refractivity contribution is -0.131. The molecule has 0 fully saturated rings. The topological polar surface area (TPSA) is 122 Å². The molecular formula is C17H25N3O4. The van der Waals surface area contributed by atoms with Crippen LogP contribution in [0.2, 0.25) is 0 Å². The lowest BCUT2D eigenvalue weighted by Crippen LogP contribution is -2.44. The predicted octanol–water partition coefficient (Wildman–Crippen LogP) is 1.04. The Balaban J connectivity index is 0.00000139. The van der Waals surface area contributed by atoms with E-state index in [0.717, 1.165) is 0 Å². The van der Waals surface area contributed by atoms with E-state index in [1.54, 1.807) is 13.8 Å². The van der Waals surface area contributed by atoms with E-state index in [2.05, 4.69) is 10.6 Å². The maximum Gasteiger partial charge on any atom is 0.253 e. The second kappa shape index (κ2) is 7.81. The van der Waals surface area contributed by atoms with Crippen molar-refractivity contribution in [3.8, 4) is 0 Å². The number of amides is 2. The fourth-order valence-corrected chi connectivity index (χ4v) is 2.77. The highest BCUT2D eigenvalue weighted by atomic mass is 16.3. The summed E-state index contributed by atoms with van der Waals surface area (Å²) in [6.45, 7) is 9.29. The fraction of sp³-hybridized carbons (Fsp3) is 0.471. The molecule has 2 amide bonds. The highest BCUT2D eigenvalue weighted by Crippen LogP contribution is 2.42. The quantitative estimate of drug-likeness (QED) is 0.572. The summed E-state index contributed by atoms with van der Waals surface area (Å²) >= 11 is 0. The van der Waals surface area contributed by atoms with E-state index in [1.165, 1.54) is 13.1 Å². The van der Waals surface area contributed by atoms with E-state index in [-0.39, 0.29) is 28.5 Å².